The summed E-state index contributed by atoms with van der Waals surface area (Å²) in [5, 5.41) is 3.21. The molecule has 1 fully saturated rings. The summed E-state index contributed by atoms with van der Waals surface area (Å²) in [7, 11) is -3.26. The van der Waals surface area contributed by atoms with Gasteiger partial charge < -0.3 is 5.32 Å². The molecular formula is C19H18N2O5S2. The van der Waals surface area contributed by atoms with E-state index in [1.807, 2.05) is 36.4 Å². The van der Waals surface area contributed by atoms with Crippen LogP contribution >= 0.6 is 11.8 Å². The van der Waals surface area contributed by atoms with Gasteiger partial charge in [-0.1, -0.05) is 42.5 Å². The highest BCUT2D eigenvalue weighted by molar-refractivity contribution is 8.18. The summed E-state index contributed by atoms with van der Waals surface area (Å²) in [6.45, 7) is -0.0561. The molecule has 1 atom stereocenters. The van der Waals surface area contributed by atoms with Crippen molar-refractivity contribution in [1.82, 2.24) is 10.2 Å². The Morgan fingerprint density at radius 3 is 2.68 bits per heavy atom. The number of benzene rings is 1. The first kappa shape index (κ1) is 20.1. The molecule has 0 radical (unpaired) electrons. The van der Waals surface area contributed by atoms with Gasteiger partial charge in [-0.25, -0.2) is 8.42 Å². The predicted molar refractivity (Wildman–Crippen MR) is 108 cm³/mol. The fraction of sp³-hybridized carbons (Fsp3) is 0.211. The van der Waals surface area contributed by atoms with Crippen molar-refractivity contribution >= 4 is 44.7 Å². The van der Waals surface area contributed by atoms with Crippen LogP contribution in [0.1, 0.15) is 12.0 Å². The summed E-state index contributed by atoms with van der Waals surface area (Å²) in [5.74, 6) is -1.03. The number of carbonyl (C=O) groups is 3. The predicted octanol–water partition coefficient (Wildman–Crippen LogP) is 2.10. The molecule has 146 valence electrons. The molecule has 0 unspecified atom stereocenters. The first-order chi connectivity index (χ1) is 13.3. The maximum Gasteiger partial charge on any atom is 0.293 e. The number of sulfone groups is 1. The number of thioether (sulfide) groups is 1. The molecule has 9 heteroatoms. The minimum absolute atomic E-state index is 0.0561. The standard InChI is InChI=1S/C19H18N2O5S2/c22-17(20-15-10-12-28(25,26)13-15)9-11-21-18(23)16(27-19(21)24)8-4-7-14-5-2-1-3-6-14/h1-8,10,12,15H,9,11,13H2,(H,20,22)/b7-4+,16-8-/t15-/m1/s1. The molecule has 1 saturated heterocycles. The molecule has 0 spiro atoms. The van der Waals surface area contributed by atoms with Crippen molar-refractivity contribution in [1.29, 1.82) is 0 Å². The molecule has 3 rings (SSSR count). The molecule has 28 heavy (non-hydrogen) atoms. The zero-order chi connectivity index (χ0) is 20.1. The van der Waals surface area contributed by atoms with Gasteiger partial charge in [-0.15, -0.1) is 0 Å². The van der Waals surface area contributed by atoms with E-state index in [0.29, 0.717) is 4.91 Å². The zero-order valence-corrected chi connectivity index (χ0v) is 16.4. The summed E-state index contributed by atoms with van der Waals surface area (Å²) in [4.78, 5) is 37.7. The number of allylic oxidation sites excluding steroid dienone is 2. The van der Waals surface area contributed by atoms with Crippen LogP contribution in [0.25, 0.3) is 6.08 Å². The zero-order valence-electron chi connectivity index (χ0n) is 14.8. The van der Waals surface area contributed by atoms with Crippen molar-refractivity contribution < 1.29 is 22.8 Å². The van der Waals surface area contributed by atoms with Crippen LogP contribution < -0.4 is 5.32 Å². The second-order valence-corrected chi connectivity index (χ2v) is 9.13. The van der Waals surface area contributed by atoms with E-state index in [4.69, 9.17) is 0 Å². The van der Waals surface area contributed by atoms with Crippen molar-refractivity contribution in [3.63, 3.8) is 0 Å². The summed E-state index contributed by atoms with van der Waals surface area (Å²) < 4.78 is 22.7. The van der Waals surface area contributed by atoms with Crippen LogP contribution in [0.2, 0.25) is 0 Å². The second kappa shape index (κ2) is 8.57. The lowest BCUT2D eigenvalue weighted by molar-refractivity contribution is -0.124. The van der Waals surface area contributed by atoms with Gasteiger partial charge in [0.2, 0.25) is 5.91 Å². The van der Waals surface area contributed by atoms with E-state index >= 15 is 0 Å². The van der Waals surface area contributed by atoms with Crippen LogP contribution in [-0.4, -0.2) is 48.7 Å². The van der Waals surface area contributed by atoms with Gasteiger partial charge in [0.1, 0.15) is 0 Å². The third-order valence-corrected chi connectivity index (χ3v) is 6.37. The van der Waals surface area contributed by atoms with Gasteiger partial charge >= 0.3 is 0 Å². The molecule has 2 heterocycles. The fourth-order valence-electron chi connectivity index (χ4n) is 2.68. The van der Waals surface area contributed by atoms with Gasteiger partial charge in [-0.3, -0.25) is 19.3 Å². The van der Waals surface area contributed by atoms with E-state index < -0.39 is 32.9 Å². The molecule has 1 N–H and O–H groups in total. The molecule has 7 nitrogen and oxygen atoms in total. The van der Waals surface area contributed by atoms with Gasteiger partial charge in [0, 0.05) is 18.4 Å². The number of rotatable bonds is 6. The molecule has 1 aromatic carbocycles. The number of hydrogen-bond donors (Lipinski definition) is 1. The van der Waals surface area contributed by atoms with E-state index in [1.54, 1.807) is 12.2 Å². The Bertz CT molecular complexity index is 981. The van der Waals surface area contributed by atoms with Crippen LogP contribution in [0.4, 0.5) is 4.79 Å². The van der Waals surface area contributed by atoms with Crippen molar-refractivity contribution in [3.8, 4) is 0 Å². The molecule has 2 aliphatic heterocycles. The van der Waals surface area contributed by atoms with Crippen molar-refractivity contribution in [2.24, 2.45) is 0 Å². The van der Waals surface area contributed by atoms with E-state index in [-0.39, 0.29) is 18.7 Å². The van der Waals surface area contributed by atoms with E-state index in [0.717, 1.165) is 27.6 Å². The average Bonchev–Trinajstić information content (AvgIpc) is 3.12. The number of carbonyl (C=O) groups excluding carboxylic acids is 3. The Balaban J connectivity index is 1.52. The second-order valence-electron chi connectivity index (χ2n) is 6.21. The summed E-state index contributed by atoms with van der Waals surface area (Å²) in [6, 6.07) is 8.96. The summed E-state index contributed by atoms with van der Waals surface area (Å²) >= 11 is 0.826. The van der Waals surface area contributed by atoms with E-state index in [1.165, 1.54) is 6.08 Å². The third kappa shape index (κ3) is 5.20. The Morgan fingerprint density at radius 2 is 2.00 bits per heavy atom. The smallest absolute Gasteiger partial charge is 0.293 e. The number of imide groups is 1. The monoisotopic (exact) mass is 418 g/mol. The van der Waals surface area contributed by atoms with Crippen LogP contribution in [0, 0.1) is 0 Å². The van der Waals surface area contributed by atoms with E-state index in [9.17, 15) is 22.8 Å². The molecular weight excluding hydrogens is 400 g/mol. The topological polar surface area (TPSA) is 101 Å². The average molecular weight is 418 g/mol. The minimum Gasteiger partial charge on any atom is -0.349 e. The van der Waals surface area contributed by atoms with Crippen molar-refractivity contribution in [2.45, 2.75) is 12.5 Å². The largest absolute Gasteiger partial charge is 0.349 e. The minimum atomic E-state index is -3.26. The summed E-state index contributed by atoms with van der Waals surface area (Å²) in [5.41, 5.74) is 0.970. The lowest BCUT2D eigenvalue weighted by Gasteiger charge is -2.14. The molecule has 3 amide bonds. The number of amides is 3. The van der Waals surface area contributed by atoms with Gasteiger partial charge in [-0.05, 0) is 29.5 Å². The molecule has 0 aromatic heterocycles. The SMILES string of the molecule is O=C(CCN1C(=O)S/C(=C\C=C\c2ccccc2)C1=O)N[C@@H]1C=CS(=O)(=O)C1. The summed E-state index contributed by atoms with van der Waals surface area (Å²) in [6.07, 6.45) is 6.42. The number of nitrogens with one attached hydrogen (secondary N) is 1. The lowest BCUT2D eigenvalue weighted by atomic mass is 10.2. The first-order valence-electron chi connectivity index (χ1n) is 8.51. The van der Waals surface area contributed by atoms with Crippen LogP contribution in [0.5, 0.6) is 0 Å². The normalized spacial score (nSPS) is 22.5. The Kier molecular flexibility index (Phi) is 6.15. The lowest BCUT2D eigenvalue weighted by Crippen LogP contribution is -2.38. The number of hydrogen-bond acceptors (Lipinski definition) is 6. The molecule has 0 saturated carbocycles. The Morgan fingerprint density at radius 1 is 1.25 bits per heavy atom. The van der Waals surface area contributed by atoms with Crippen LogP contribution in [0.15, 0.2) is 58.9 Å². The fourth-order valence-corrected chi connectivity index (χ4v) is 4.73. The molecule has 0 bridgehead atoms. The van der Waals surface area contributed by atoms with Gasteiger partial charge in [0.25, 0.3) is 11.1 Å². The maximum atomic E-state index is 12.4. The first-order valence-corrected chi connectivity index (χ1v) is 11.0. The van der Waals surface area contributed by atoms with Crippen molar-refractivity contribution in [2.75, 3.05) is 12.3 Å². The highest BCUT2D eigenvalue weighted by Crippen LogP contribution is 2.30. The molecule has 0 aliphatic carbocycles. The Hall–Kier alpha value is -2.65. The Labute approximate surface area is 167 Å². The van der Waals surface area contributed by atoms with Crippen LogP contribution in [-0.2, 0) is 19.4 Å². The van der Waals surface area contributed by atoms with E-state index in [2.05, 4.69) is 5.32 Å². The van der Waals surface area contributed by atoms with Crippen LogP contribution in [0.3, 0.4) is 0 Å². The highest BCUT2D eigenvalue weighted by atomic mass is 32.2. The molecule has 2 aliphatic rings. The van der Waals surface area contributed by atoms with Gasteiger partial charge in [-0.2, -0.15) is 0 Å². The molecule has 1 aromatic rings. The quantitative estimate of drug-likeness (QED) is 0.710. The third-order valence-electron chi connectivity index (χ3n) is 4.05. The number of nitrogens with zero attached hydrogens (tertiary/aromatic N) is 1. The van der Waals surface area contributed by atoms with Gasteiger partial charge in [0.15, 0.2) is 9.84 Å². The van der Waals surface area contributed by atoms with Gasteiger partial charge in [0.05, 0.1) is 16.7 Å². The van der Waals surface area contributed by atoms with Crippen molar-refractivity contribution in [3.05, 3.63) is 64.4 Å². The maximum absolute atomic E-state index is 12.4. The highest BCUT2D eigenvalue weighted by Gasteiger charge is 2.34.